The lowest BCUT2D eigenvalue weighted by atomic mass is 10.0. The van der Waals surface area contributed by atoms with E-state index in [0.29, 0.717) is 39.3 Å². The molecule has 2 heterocycles. The van der Waals surface area contributed by atoms with Gasteiger partial charge in [0.15, 0.2) is 11.6 Å². The lowest BCUT2D eigenvalue weighted by Crippen LogP contribution is -2.15. The molecule has 0 spiro atoms. The van der Waals surface area contributed by atoms with Crippen LogP contribution in [0.3, 0.4) is 0 Å². The van der Waals surface area contributed by atoms with Gasteiger partial charge in [-0.3, -0.25) is 0 Å². The summed E-state index contributed by atoms with van der Waals surface area (Å²) in [4.78, 5) is 4.32. The molecule has 2 aromatic carbocycles. The van der Waals surface area contributed by atoms with Gasteiger partial charge in [-0.15, -0.1) is 10.2 Å². The van der Waals surface area contributed by atoms with Crippen LogP contribution in [0.1, 0.15) is 37.0 Å². The number of nitrogens with zero attached hydrogens (tertiary/aromatic N) is 4. The topological polar surface area (TPSA) is 92.0 Å². The molecule has 160 valence electrons. The van der Waals surface area contributed by atoms with E-state index >= 15 is 0 Å². The first-order valence-corrected chi connectivity index (χ1v) is 11.1. The van der Waals surface area contributed by atoms with Crippen molar-refractivity contribution in [2.24, 2.45) is 0 Å². The molecule has 0 aliphatic rings. The Hall–Kier alpha value is -2.97. The van der Waals surface area contributed by atoms with Gasteiger partial charge in [-0.2, -0.15) is 0 Å². The Balaban J connectivity index is 1.34. The molecule has 0 saturated carbocycles. The number of nitrogen functional groups attached to an aromatic ring is 1. The SMILES string of the molecule is CC(C)c1ccc(OCc2nnc(SCc3ncc(-c4ccc(Cl)cc4)o3)n2N)cc1. The van der Waals surface area contributed by atoms with Crippen molar-refractivity contribution >= 4 is 23.4 Å². The largest absolute Gasteiger partial charge is 0.486 e. The Kier molecular flexibility index (Phi) is 6.48. The zero-order valence-electron chi connectivity index (χ0n) is 17.2. The average Bonchev–Trinajstić information content (AvgIpc) is 3.38. The third-order valence-electron chi connectivity index (χ3n) is 4.66. The number of rotatable bonds is 8. The maximum absolute atomic E-state index is 6.13. The summed E-state index contributed by atoms with van der Waals surface area (Å²) in [5.74, 6) is 9.63. The minimum absolute atomic E-state index is 0.227. The molecule has 2 N–H and O–H groups in total. The average molecular weight is 456 g/mol. The summed E-state index contributed by atoms with van der Waals surface area (Å²) >= 11 is 7.32. The van der Waals surface area contributed by atoms with Crippen LogP contribution in [0.25, 0.3) is 11.3 Å². The molecule has 0 amide bonds. The van der Waals surface area contributed by atoms with Crippen LogP contribution in [-0.4, -0.2) is 19.9 Å². The first-order valence-electron chi connectivity index (χ1n) is 9.75. The summed E-state index contributed by atoms with van der Waals surface area (Å²) in [6.07, 6.45) is 1.69. The number of ether oxygens (including phenoxy) is 1. The quantitative estimate of drug-likeness (QED) is 0.285. The Morgan fingerprint density at radius 3 is 2.55 bits per heavy atom. The van der Waals surface area contributed by atoms with Gasteiger partial charge in [-0.1, -0.05) is 49.3 Å². The Labute approximate surface area is 189 Å². The highest BCUT2D eigenvalue weighted by Gasteiger charge is 2.13. The highest BCUT2D eigenvalue weighted by Crippen LogP contribution is 2.26. The first kappa shape index (κ1) is 21.3. The number of nitrogens with two attached hydrogens (primary N) is 1. The second-order valence-electron chi connectivity index (χ2n) is 7.20. The number of oxazole rings is 1. The normalized spacial score (nSPS) is 11.2. The van der Waals surface area contributed by atoms with Crippen LogP contribution in [0.4, 0.5) is 0 Å². The lowest BCUT2D eigenvalue weighted by Gasteiger charge is -2.08. The van der Waals surface area contributed by atoms with Crippen molar-refractivity contribution in [3.05, 3.63) is 77.0 Å². The predicted octanol–water partition coefficient (Wildman–Crippen LogP) is 5.30. The fraction of sp³-hybridized carbons (Fsp3) is 0.227. The van der Waals surface area contributed by atoms with Crippen LogP contribution < -0.4 is 10.6 Å². The van der Waals surface area contributed by atoms with Gasteiger partial charge in [0.25, 0.3) is 0 Å². The van der Waals surface area contributed by atoms with E-state index in [-0.39, 0.29) is 6.61 Å². The van der Waals surface area contributed by atoms with Crippen molar-refractivity contribution in [2.75, 3.05) is 5.84 Å². The van der Waals surface area contributed by atoms with E-state index in [2.05, 4.69) is 41.2 Å². The Morgan fingerprint density at radius 2 is 1.84 bits per heavy atom. The molecular formula is C22H22ClN5O2S. The Morgan fingerprint density at radius 1 is 1.10 bits per heavy atom. The van der Waals surface area contributed by atoms with Gasteiger partial charge in [0.2, 0.25) is 11.0 Å². The van der Waals surface area contributed by atoms with Gasteiger partial charge in [0, 0.05) is 10.6 Å². The van der Waals surface area contributed by atoms with Crippen molar-refractivity contribution in [3.63, 3.8) is 0 Å². The molecule has 9 heteroatoms. The Bertz CT molecular complexity index is 1140. The smallest absolute Gasteiger partial charge is 0.210 e. The van der Waals surface area contributed by atoms with Gasteiger partial charge >= 0.3 is 0 Å². The molecule has 0 aliphatic carbocycles. The molecule has 4 rings (SSSR count). The summed E-state index contributed by atoms with van der Waals surface area (Å²) in [6.45, 7) is 4.54. The third-order valence-corrected chi connectivity index (χ3v) is 5.84. The van der Waals surface area contributed by atoms with Crippen LogP contribution in [-0.2, 0) is 12.4 Å². The third kappa shape index (κ3) is 5.21. The van der Waals surface area contributed by atoms with Crippen LogP contribution >= 0.6 is 23.4 Å². The molecule has 0 aliphatic heterocycles. The summed E-state index contributed by atoms with van der Waals surface area (Å²) in [6, 6.07) is 15.4. The number of thioether (sulfide) groups is 1. The van der Waals surface area contributed by atoms with Crippen LogP contribution in [0.15, 0.2) is 64.3 Å². The number of benzene rings is 2. The van der Waals surface area contributed by atoms with Crippen molar-refractivity contribution in [2.45, 2.75) is 37.3 Å². The van der Waals surface area contributed by atoms with Crippen molar-refractivity contribution in [3.8, 4) is 17.1 Å². The minimum Gasteiger partial charge on any atom is -0.486 e. The lowest BCUT2D eigenvalue weighted by molar-refractivity contribution is 0.291. The second-order valence-corrected chi connectivity index (χ2v) is 8.57. The van der Waals surface area contributed by atoms with E-state index in [0.717, 1.165) is 11.3 Å². The van der Waals surface area contributed by atoms with E-state index in [1.54, 1.807) is 6.20 Å². The molecule has 31 heavy (non-hydrogen) atoms. The van der Waals surface area contributed by atoms with E-state index in [9.17, 15) is 0 Å². The molecule has 0 bridgehead atoms. The monoisotopic (exact) mass is 455 g/mol. The maximum Gasteiger partial charge on any atom is 0.210 e. The van der Waals surface area contributed by atoms with Crippen LogP contribution in [0.2, 0.25) is 5.02 Å². The minimum atomic E-state index is 0.227. The van der Waals surface area contributed by atoms with E-state index in [1.807, 2.05) is 36.4 Å². The molecule has 4 aromatic rings. The van der Waals surface area contributed by atoms with Crippen molar-refractivity contribution < 1.29 is 9.15 Å². The zero-order chi connectivity index (χ0) is 21.8. The summed E-state index contributed by atoms with van der Waals surface area (Å²) in [7, 11) is 0. The first-order chi connectivity index (χ1) is 15.0. The molecule has 0 radical (unpaired) electrons. The van der Waals surface area contributed by atoms with Crippen LogP contribution in [0, 0.1) is 0 Å². The highest BCUT2D eigenvalue weighted by atomic mass is 35.5. The fourth-order valence-electron chi connectivity index (χ4n) is 2.85. The molecule has 2 aromatic heterocycles. The predicted molar refractivity (Wildman–Crippen MR) is 122 cm³/mol. The number of hydrogen-bond donors (Lipinski definition) is 1. The second kappa shape index (κ2) is 9.45. The van der Waals surface area contributed by atoms with Gasteiger partial charge < -0.3 is 15.0 Å². The molecule has 0 fully saturated rings. The van der Waals surface area contributed by atoms with E-state index in [4.69, 9.17) is 26.6 Å². The van der Waals surface area contributed by atoms with Gasteiger partial charge in [-0.25, -0.2) is 9.66 Å². The van der Waals surface area contributed by atoms with E-state index < -0.39 is 0 Å². The molecule has 7 nitrogen and oxygen atoms in total. The van der Waals surface area contributed by atoms with Crippen molar-refractivity contribution in [1.82, 2.24) is 19.9 Å². The van der Waals surface area contributed by atoms with E-state index in [1.165, 1.54) is 22.0 Å². The molecular weight excluding hydrogens is 434 g/mol. The van der Waals surface area contributed by atoms with Gasteiger partial charge in [-0.05, 0) is 47.9 Å². The fourth-order valence-corrected chi connectivity index (χ4v) is 3.71. The highest BCUT2D eigenvalue weighted by molar-refractivity contribution is 7.98. The maximum atomic E-state index is 6.13. The van der Waals surface area contributed by atoms with Crippen molar-refractivity contribution in [1.29, 1.82) is 0 Å². The molecule has 0 saturated heterocycles. The summed E-state index contributed by atoms with van der Waals surface area (Å²) < 4.78 is 13.0. The van der Waals surface area contributed by atoms with Gasteiger partial charge in [0.05, 0.1) is 11.9 Å². The molecule has 0 atom stereocenters. The summed E-state index contributed by atoms with van der Waals surface area (Å²) in [5, 5.41) is 9.50. The number of aromatic nitrogens is 4. The zero-order valence-corrected chi connectivity index (χ0v) is 18.7. The van der Waals surface area contributed by atoms with Gasteiger partial charge in [0.1, 0.15) is 12.4 Å². The summed E-state index contributed by atoms with van der Waals surface area (Å²) in [5.41, 5.74) is 2.18. The number of halogens is 1. The molecule has 0 unspecified atom stereocenters. The van der Waals surface area contributed by atoms with Crippen LogP contribution in [0.5, 0.6) is 5.75 Å². The standard InChI is InChI=1S/C22H22ClN5O2S/c1-14(2)15-5-9-18(10-6-15)29-12-20-26-27-22(28(20)24)31-13-21-25-11-19(30-21)16-3-7-17(23)8-4-16/h3-11,14H,12-13,24H2,1-2H3. The number of hydrogen-bond acceptors (Lipinski definition) is 7.